The number of halogens is 1. The van der Waals surface area contributed by atoms with Crippen molar-refractivity contribution >= 4 is 57.7 Å². The van der Waals surface area contributed by atoms with Crippen LogP contribution in [0, 0.1) is 5.41 Å². The topological polar surface area (TPSA) is 145 Å². The number of rotatable bonds is 27. The van der Waals surface area contributed by atoms with Crippen LogP contribution in [0.5, 0.6) is 0 Å². The number of fused-ring (bicyclic) bond motifs is 1. The predicted molar refractivity (Wildman–Crippen MR) is 222 cm³/mol. The first-order valence-corrected chi connectivity index (χ1v) is 21.2. The van der Waals surface area contributed by atoms with E-state index in [9.17, 15) is 19.2 Å². The minimum atomic E-state index is -1.44. The number of aromatic nitrogens is 4. The Morgan fingerprint density at radius 3 is 1.91 bits per heavy atom. The summed E-state index contributed by atoms with van der Waals surface area (Å²) in [6, 6.07) is 3.06. The zero-order valence-electron chi connectivity index (χ0n) is 34.0. The van der Waals surface area contributed by atoms with Crippen molar-refractivity contribution in [1.82, 2.24) is 19.7 Å². The van der Waals surface area contributed by atoms with Gasteiger partial charge in [-0.1, -0.05) is 155 Å². The Morgan fingerprint density at radius 1 is 0.764 bits per heavy atom. The number of nitrogens with one attached hydrogen (secondary N) is 2. The third-order valence-electron chi connectivity index (χ3n) is 9.83. The van der Waals surface area contributed by atoms with Crippen molar-refractivity contribution < 1.29 is 23.9 Å². The van der Waals surface area contributed by atoms with Gasteiger partial charge >= 0.3 is 5.97 Å². The van der Waals surface area contributed by atoms with Crippen LogP contribution in [0.15, 0.2) is 30.7 Å². The van der Waals surface area contributed by atoms with E-state index in [4.69, 9.17) is 16.3 Å². The number of esters is 1. The summed E-state index contributed by atoms with van der Waals surface area (Å²) < 4.78 is 6.78. The summed E-state index contributed by atoms with van der Waals surface area (Å²) in [5, 5.41) is 10.5. The Kier molecular flexibility index (Phi) is 20.4. The molecule has 3 rings (SSSR count). The molecule has 304 valence electrons. The number of carbonyl (C=O) groups excluding carboxylic acids is 4. The molecule has 3 aromatic rings. The van der Waals surface area contributed by atoms with Crippen LogP contribution in [-0.4, -0.2) is 49.9 Å². The van der Waals surface area contributed by atoms with Crippen molar-refractivity contribution in [2.45, 2.75) is 169 Å². The molecule has 12 heteroatoms. The Balaban J connectivity index is 1.57. The second kappa shape index (κ2) is 24.6. The fourth-order valence-corrected chi connectivity index (χ4v) is 6.64. The highest BCUT2D eigenvalue weighted by Crippen LogP contribution is 2.31. The average Bonchev–Trinajstić information content (AvgIpc) is 3.58. The van der Waals surface area contributed by atoms with Gasteiger partial charge in [-0.05, 0) is 31.0 Å². The molecule has 0 radical (unpaired) electrons. The molecule has 0 saturated heterocycles. The molecule has 2 amide bonds. The standard InChI is InChI=1S/C43H65ClN6O5/c1-6-8-10-12-13-14-15-16-17-18-19-20-22-24-28-55-42(54)32-26-27-34(44)35(29-32)48-41(53)37(38(52)43(3,4)5)50-40-33(30-47-50)39(45-31-46-40)49-36(51)25-23-21-11-9-7-2/h26-27,29-31,37H,6-25,28H2,1-5H3,(H,48,53)(H,45,46,49,51). The van der Waals surface area contributed by atoms with Gasteiger partial charge in [0.25, 0.3) is 5.91 Å². The number of carbonyl (C=O) groups is 4. The van der Waals surface area contributed by atoms with Crippen LogP contribution in [0.2, 0.25) is 5.02 Å². The predicted octanol–water partition coefficient (Wildman–Crippen LogP) is 11.2. The van der Waals surface area contributed by atoms with Crippen molar-refractivity contribution in [2.75, 3.05) is 17.2 Å². The minimum absolute atomic E-state index is 0.155. The molecule has 55 heavy (non-hydrogen) atoms. The number of hydrogen-bond acceptors (Lipinski definition) is 8. The molecule has 0 saturated carbocycles. The number of benzene rings is 1. The van der Waals surface area contributed by atoms with E-state index in [0.29, 0.717) is 18.4 Å². The molecule has 2 aromatic heterocycles. The molecule has 0 aliphatic heterocycles. The number of nitrogens with zero attached hydrogens (tertiary/aromatic N) is 4. The van der Waals surface area contributed by atoms with Crippen LogP contribution in [0.4, 0.5) is 11.5 Å². The Bertz CT molecular complexity index is 1650. The lowest BCUT2D eigenvalue weighted by atomic mass is 9.86. The minimum Gasteiger partial charge on any atom is -0.462 e. The van der Waals surface area contributed by atoms with Gasteiger partial charge in [0.2, 0.25) is 5.91 Å². The van der Waals surface area contributed by atoms with E-state index in [1.54, 1.807) is 26.8 Å². The summed E-state index contributed by atoms with van der Waals surface area (Å²) in [5.41, 5.74) is -0.350. The van der Waals surface area contributed by atoms with Crippen LogP contribution in [-0.2, 0) is 19.1 Å². The molecule has 0 bridgehead atoms. The van der Waals surface area contributed by atoms with Gasteiger partial charge in [0.15, 0.2) is 17.5 Å². The van der Waals surface area contributed by atoms with Gasteiger partial charge in [-0.25, -0.2) is 19.4 Å². The summed E-state index contributed by atoms with van der Waals surface area (Å²) in [6.45, 7) is 9.84. The summed E-state index contributed by atoms with van der Waals surface area (Å²) >= 11 is 6.48. The van der Waals surface area contributed by atoms with Crippen LogP contribution < -0.4 is 10.6 Å². The number of unbranched alkanes of at least 4 members (excludes halogenated alkanes) is 17. The lowest BCUT2D eigenvalue weighted by Crippen LogP contribution is -2.39. The maximum absolute atomic E-state index is 14.0. The molecule has 1 aromatic carbocycles. The molecule has 2 heterocycles. The molecule has 1 unspecified atom stereocenters. The third-order valence-corrected chi connectivity index (χ3v) is 10.2. The van der Waals surface area contributed by atoms with Gasteiger partial charge < -0.3 is 15.4 Å². The van der Waals surface area contributed by atoms with Crippen LogP contribution in [0.25, 0.3) is 11.0 Å². The van der Waals surface area contributed by atoms with Gasteiger partial charge in [0, 0.05) is 11.8 Å². The van der Waals surface area contributed by atoms with E-state index in [2.05, 4.69) is 39.5 Å². The molecule has 11 nitrogen and oxygen atoms in total. The largest absolute Gasteiger partial charge is 0.462 e. The average molecular weight is 781 g/mol. The highest BCUT2D eigenvalue weighted by molar-refractivity contribution is 6.34. The molecule has 0 spiro atoms. The first kappa shape index (κ1) is 45.5. The van der Waals surface area contributed by atoms with Gasteiger partial charge in [0.05, 0.1) is 34.5 Å². The van der Waals surface area contributed by atoms with E-state index in [0.717, 1.165) is 51.4 Å². The number of ether oxygens (including phenoxy) is 1. The van der Waals surface area contributed by atoms with E-state index >= 15 is 0 Å². The van der Waals surface area contributed by atoms with Gasteiger partial charge in [-0.15, -0.1) is 0 Å². The smallest absolute Gasteiger partial charge is 0.338 e. The summed E-state index contributed by atoms with van der Waals surface area (Å²) in [6.07, 6.45) is 25.5. The zero-order valence-corrected chi connectivity index (χ0v) is 34.8. The zero-order chi connectivity index (χ0) is 40.1. The highest BCUT2D eigenvalue weighted by atomic mass is 35.5. The quantitative estimate of drug-likeness (QED) is 0.0442. The number of Topliss-reactive ketones (excluding diaryl/α,β-unsaturated/α-hetero) is 1. The monoisotopic (exact) mass is 780 g/mol. The van der Waals surface area contributed by atoms with E-state index in [1.807, 2.05) is 0 Å². The fourth-order valence-electron chi connectivity index (χ4n) is 6.48. The number of hydrogen-bond donors (Lipinski definition) is 2. The van der Waals surface area contributed by atoms with Gasteiger partial charge in [-0.3, -0.25) is 14.4 Å². The maximum atomic E-state index is 14.0. The second-order valence-corrected chi connectivity index (χ2v) is 16.1. The molecule has 1 atom stereocenters. The Hall–Kier alpha value is -3.86. The number of anilines is 2. The summed E-state index contributed by atoms with van der Waals surface area (Å²) in [5.74, 6) is -1.59. The Labute approximate surface area is 333 Å². The number of amides is 2. The number of ketones is 1. The summed E-state index contributed by atoms with van der Waals surface area (Å²) in [4.78, 5) is 62.0. The lowest BCUT2D eigenvalue weighted by molar-refractivity contribution is -0.135. The second-order valence-electron chi connectivity index (χ2n) is 15.7. The van der Waals surface area contributed by atoms with Crippen molar-refractivity contribution in [3.63, 3.8) is 0 Å². The van der Waals surface area contributed by atoms with Gasteiger partial charge in [0.1, 0.15) is 12.1 Å². The van der Waals surface area contributed by atoms with Crippen molar-refractivity contribution in [1.29, 1.82) is 0 Å². The maximum Gasteiger partial charge on any atom is 0.338 e. The first-order valence-electron chi connectivity index (χ1n) is 20.8. The normalized spacial score (nSPS) is 12.1. The molecule has 0 aliphatic rings. The van der Waals surface area contributed by atoms with Crippen molar-refractivity contribution in [3.05, 3.63) is 41.3 Å². The van der Waals surface area contributed by atoms with E-state index in [-0.39, 0.29) is 33.6 Å². The fraction of sp³-hybridized carbons (Fsp3) is 0.651. The van der Waals surface area contributed by atoms with Crippen LogP contribution >= 0.6 is 11.6 Å². The van der Waals surface area contributed by atoms with Crippen molar-refractivity contribution in [2.24, 2.45) is 5.41 Å². The van der Waals surface area contributed by atoms with Crippen LogP contribution in [0.1, 0.15) is 179 Å². The highest BCUT2D eigenvalue weighted by Gasteiger charge is 2.38. The van der Waals surface area contributed by atoms with E-state index < -0.39 is 29.1 Å². The molecular formula is C43H65ClN6O5. The Morgan fingerprint density at radius 2 is 1.33 bits per heavy atom. The van der Waals surface area contributed by atoms with Crippen LogP contribution in [0.3, 0.4) is 0 Å². The first-order chi connectivity index (χ1) is 26.5. The third kappa shape index (κ3) is 15.7. The van der Waals surface area contributed by atoms with E-state index in [1.165, 1.54) is 100.0 Å². The summed E-state index contributed by atoms with van der Waals surface area (Å²) in [7, 11) is 0. The SMILES string of the molecule is CCCCCCCCCCCCCCCCOC(=O)c1ccc(Cl)c(NC(=O)C(C(=O)C(C)(C)C)n2ncc3c(NC(=O)CCCCCCC)ncnc32)c1. The molecule has 0 fully saturated rings. The van der Waals surface area contributed by atoms with Crippen molar-refractivity contribution in [3.8, 4) is 0 Å². The lowest BCUT2D eigenvalue weighted by Gasteiger charge is -2.24. The molecule has 0 aliphatic carbocycles. The van der Waals surface area contributed by atoms with Gasteiger partial charge in [-0.2, -0.15) is 5.10 Å². The molecule has 2 N–H and O–H groups in total. The molecular weight excluding hydrogens is 716 g/mol.